The zero-order chi connectivity index (χ0) is 15.4. The molecular weight excluding hydrogens is 389 g/mol. The van der Waals surface area contributed by atoms with Crippen LogP contribution in [0.1, 0.15) is 6.42 Å². The van der Waals surface area contributed by atoms with Gasteiger partial charge >= 0.3 is 0 Å². The van der Waals surface area contributed by atoms with E-state index in [1.165, 1.54) is 0 Å². The minimum Gasteiger partial charge on any atom is -0.492 e. The second kappa shape index (κ2) is 7.28. The third kappa shape index (κ3) is 3.41. The zero-order valence-electron chi connectivity index (χ0n) is 11.5. The minimum absolute atomic E-state index is 0.167. The monoisotopic (exact) mass is 407 g/mol. The second-order valence-electron chi connectivity index (χ2n) is 4.84. The number of alkyl halides is 1. The van der Waals surface area contributed by atoms with E-state index in [0.717, 1.165) is 0 Å². The molecule has 0 radical (unpaired) electrons. The quantitative estimate of drug-likeness (QED) is 0.239. The molecule has 0 amide bonds. The van der Waals surface area contributed by atoms with Gasteiger partial charge in [0, 0.05) is 10.0 Å². The summed E-state index contributed by atoms with van der Waals surface area (Å²) < 4.78 is 15.9. The lowest BCUT2D eigenvalue weighted by Crippen LogP contribution is -2.44. The van der Waals surface area contributed by atoms with Crippen molar-refractivity contribution in [2.45, 2.75) is 18.6 Å². The van der Waals surface area contributed by atoms with Gasteiger partial charge in [0.15, 0.2) is 0 Å². The van der Waals surface area contributed by atoms with Gasteiger partial charge in [0.1, 0.15) is 24.6 Å². The Balaban J connectivity index is 2.43. The fourth-order valence-electron chi connectivity index (χ4n) is 2.60. The van der Waals surface area contributed by atoms with Crippen LogP contribution in [0.2, 0.25) is 0 Å². The van der Waals surface area contributed by atoms with Crippen molar-refractivity contribution in [1.29, 1.82) is 0 Å². The third-order valence-corrected chi connectivity index (χ3v) is 4.84. The lowest BCUT2D eigenvalue weighted by atomic mass is 9.85. The van der Waals surface area contributed by atoms with Crippen LogP contribution in [-0.4, -0.2) is 44.4 Å². The molecule has 0 aromatic heterocycles. The maximum absolute atomic E-state index is 11.5. The summed E-state index contributed by atoms with van der Waals surface area (Å²) in [4.78, 5) is 11.1. The highest BCUT2D eigenvalue weighted by Gasteiger charge is 2.44. The van der Waals surface area contributed by atoms with Crippen LogP contribution in [0.25, 0.3) is 0 Å². The minimum atomic E-state index is -0.527. The first-order valence-corrected chi connectivity index (χ1v) is 9.59. The largest absolute Gasteiger partial charge is 0.492 e. The number of rotatable bonds is 6. The van der Waals surface area contributed by atoms with E-state index in [9.17, 15) is 15.2 Å². The average Bonchev–Trinajstić information content (AvgIpc) is 2.47. The molecule has 116 valence electrons. The number of allylic oxidation sites excluding steroid dienone is 3. The summed E-state index contributed by atoms with van der Waals surface area (Å²) in [5.41, 5.74) is 0.862. The van der Waals surface area contributed by atoms with Crippen molar-refractivity contribution in [2.75, 3.05) is 17.6 Å². The normalized spacial score (nSPS) is 28.4. The number of ether oxygens (including phenoxy) is 2. The molecule has 3 unspecified atom stereocenters. The van der Waals surface area contributed by atoms with Crippen LogP contribution in [0, 0.1) is 16.0 Å². The van der Waals surface area contributed by atoms with Gasteiger partial charge in [-0.3, -0.25) is 10.1 Å². The van der Waals surface area contributed by atoms with Gasteiger partial charge in [0.25, 0.3) is 5.70 Å². The Morgan fingerprint density at radius 3 is 2.95 bits per heavy atom. The standard InChI is InChI=1S/C14H18INO5/c1-3-4-11-13(16(18)19)9(6-15-2)5-12-14(11)21-10(7-17)8-20-12/h3,5,10-11,14,17H,1-2,4,6-8H2. The number of aliphatic hydroxyl groups excluding tert-OH is 1. The summed E-state index contributed by atoms with van der Waals surface area (Å²) in [6, 6.07) is 0. The maximum Gasteiger partial charge on any atom is 0.256 e. The number of nitrogens with zero attached hydrogens (tertiary/aromatic N) is 1. The fourth-order valence-corrected chi connectivity index (χ4v) is 3.79. The van der Waals surface area contributed by atoms with Gasteiger partial charge in [-0.2, -0.15) is 0 Å². The third-order valence-electron chi connectivity index (χ3n) is 3.48. The highest BCUT2D eigenvalue weighted by molar-refractivity contribution is 14.2. The Kier molecular flexibility index (Phi) is 5.65. The van der Waals surface area contributed by atoms with Crippen LogP contribution in [0.15, 0.2) is 35.8 Å². The number of fused-ring (bicyclic) bond motifs is 1. The van der Waals surface area contributed by atoms with E-state index in [1.54, 1.807) is 12.2 Å². The molecular formula is C14H18INO5. The van der Waals surface area contributed by atoms with Crippen LogP contribution in [0.3, 0.4) is 0 Å². The van der Waals surface area contributed by atoms with Crippen molar-refractivity contribution in [3.8, 4) is 0 Å². The lowest BCUT2D eigenvalue weighted by molar-refractivity contribution is -0.438. The smallest absolute Gasteiger partial charge is 0.256 e. The number of halogens is 1. The molecule has 0 bridgehead atoms. The number of nitro groups is 1. The van der Waals surface area contributed by atoms with Gasteiger partial charge in [0.2, 0.25) is 0 Å². The molecule has 1 fully saturated rings. The van der Waals surface area contributed by atoms with Gasteiger partial charge in [-0.15, -0.1) is 27.3 Å². The van der Waals surface area contributed by atoms with E-state index in [2.05, 4.69) is 11.1 Å². The molecule has 1 N–H and O–H groups in total. The average molecular weight is 407 g/mol. The molecule has 2 rings (SSSR count). The van der Waals surface area contributed by atoms with Crippen molar-refractivity contribution in [3.63, 3.8) is 0 Å². The molecule has 0 aromatic carbocycles. The number of aliphatic hydroxyl groups is 1. The number of hydrogen-bond donors (Lipinski definition) is 1. The zero-order valence-corrected chi connectivity index (χ0v) is 13.7. The van der Waals surface area contributed by atoms with Crippen LogP contribution in [-0.2, 0) is 9.47 Å². The Bertz CT molecular complexity index is 513. The Hall–Kier alpha value is -1.06. The molecule has 2 aliphatic rings. The van der Waals surface area contributed by atoms with Gasteiger partial charge in [-0.05, 0) is 12.5 Å². The molecule has 0 spiro atoms. The second-order valence-corrected chi connectivity index (χ2v) is 6.68. The van der Waals surface area contributed by atoms with E-state index in [0.29, 0.717) is 22.2 Å². The van der Waals surface area contributed by atoms with Crippen LogP contribution in [0.5, 0.6) is 0 Å². The van der Waals surface area contributed by atoms with Crippen LogP contribution in [0.4, 0.5) is 0 Å². The van der Waals surface area contributed by atoms with Crippen LogP contribution >= 0.6 is 20.7 Å². The molecule has 1 heterocycles. The highest BCUT2D eigenvalue weighted by atomic mass is 127. The molecule has 3 atom stereocenters. The first-order chi connectivity index (χ1) is 10.1. The summed E-state index contributed by atoms with van der Waals surface area (Å²) >= 11 is -0.357. The molecule has 6 nitrogen and oxygen atoms in total. The summed E-state index contributed by atoms with van der Waals surface area (Å²) in [6.07, 6.45) is 2.83. The van der Waals surface area contributed by atoms with Gasteiger partial charge in [-0.25, -0.2) is 0 Å². The van der Waals surface area contributed by atoms with Crippen molar-refractivity contribution in [2.24, 2.45) is 5.92 Å². The molecule has 0 aromatic rings. The van der Waals surface area contributed by atoms with Gasteiger partial charge in [-0.1, -0.05) is 10.6 Å². The van der Waals surface area contributed by atoms with Crippen molar-refractivity contribution >= 4 is 25.2 Å². The lowest BCUT2D eigenvalue weighted by Gasteiger charge is -2.37. The van der Waals surface area contributed by atoms with Crippen molar-refractivity contribution < 1.29 is 19.5 Å². The first kappa shape index (κ1) is 16.3. The summed E-state index contributed by atoms with van der Waals surface area (Å²) in [5, 5.41) is 20.7. The molecule has 1 saturated heterocycles. The van der Waals surface area contributed by atoms with E-state index >= 15 is 0 Å². The molecule has 1 aliphatic carbocycles. The van der Waals surface area contributed by atoms with E-state index in [4.69, 9.17) is 9.47 Å². The SMILES string of the molecule is C=CCC1C([N+](=O)[O-])=C(CI=C)C=C2OCC(CO)OC21. The Morgan fingerprint density at radius 2 is 2.38 bits per heavy atom. The van der Waals surface area contributed by atoms with Crippen molar-refractivity contribution in [1.82, 2.24) is 0 Å². The predicted molar refractivity (Wildman–Crippen MR) is 88.1 cm³/mol. The van der Waals surface area contributed by atoms with Gasteiger partial charge in [0.05, 0.1) is 17.4 Å². The van der Waals surface area contributed by atoms with Gasteiger partial charge < -0.3 is 14.6 Å². The van der Waals surface area contributed by atoms with Crippen molar-refractivity contribution in [3.05, 3.63) is 45.9 Å². The fraction of sp³-hybridized carbons (Fsp3) is 0.500. The topological polar surface area (TPSA) is 81.8 Å². The summed E-state index contributed by atoms with van der Waals surface area (Å²) in [5.74, 6) is 0.182. The number of hydrogen-bond acceptors (Lipinski definition) is 5. The van der Waals surface area contributed by atoms with E-state index in [-0.39, 0.29) is 44.6 Å². The highest BCUT2D eigenvalue weighted by Crippen LogP contribution is 2.38. The summed E-state index contributed by atoms with van der Waals surface area (Å²) in [7, 11) is 0. The van der Waals surface area contributed by atoms with E-state index in [1.807, 2.05) is 0 Å². The van der Waals surface area contributed by atoms with E-state index < -0.39 is 18.1 Å². The maximum atomic E-state index is 11.5. The molecule has 1 aliphatic heterocycles. The molecule has 7 heteroatoms. The predicted octanol–water partition coefficient (Wildman–Crippen LogP) is 1.79. The van der Waals surface area contributed by atoms with Crippen LogP contribution < -0.4 is 0 Å². The Labute approximate surface area is 133 Å². The summed E-state index contributed by atoms with van der Waals surface area (Å²) in [6.45, 7) is 3.78. The molecule has 21 heavy (non-hydrogen) atoms. The Morgan fingerprint density at radius 1 is 1.62 bits per heavy atom. The molecule has 0 saturated carbocycles. The first-order valence-electron chi connectivity index (χ1n) is 6.54.